The van der Waals surface area contributed by atoms with Crippen LogP contribution in [0.3, 0.4) is 0 Å². The molecule has 34 heavy (non-hydrogen) atoms. The molecule has 2 N–H and O–H groups in total. The van der Waals surface area contributed by atoms with Gasteiger partial charge in [0.15, 0.2) is 5.78 Å². The molecule has 0 bridgehead atoms. The van der Waals surface area contributed by atoms with Crippen molar-refractivity contribution in [2.24, 2.45) is 0 Å². The molecule has 1 amide bonds. The second kappa shape index (κ2) is 9.65. The van der Waals surface area contributed by atoms with Crippen LogP contribution in [0, 0.1) is 6.92 Å². The van der Waals surface area contributed by atoms with E-state index in [-0.39, 0.29) is 23.8 Å². The van der Waals surface area contributed by atoms with E-state index in [1.807, 2.05) is 92.0 Å². The fraction of sp³-hybridized carbons (Fsp3) is 0.241. The molecule has 1 fully saturated rings. The smallest absolute Gasteiger partial charge is 0.251 e. The summed E-state index contributed by atoms with van der Waals surface area (Å²) in [6.07, 6.45) is 3.45. The van der Waals surface area contributed by atoms with E-state index in [1.54, 1.807) is 0 Å². The van der Waals surface area contributed by atoms with Crippen molar-refractivity contribution in [3.05, 3.63) is 107 Å². The van der Waals surface area contributed by atoms with Gasteiger partial charge in [0.1, 0.15) is 0 Å². The molecule has 4 aromatic rings. The lowest BCUT2D eigenvalue weighted by atomic mass is 9.93. The molecular weight excluding hydrogens is 422 g/mol. The Bertz CT molecular complexity index is 1300. The third kappa shape index (κ3) is 4.39. The Hall–Kier alpha value is -3.70. The Morgan fingerprint density at radius 3 is 2.32 bits per heavy atom. The Morgan fingerprint density at radius 2 is 1.56 bits per heavy atom. The van der Waals surface area contributed by atoms with Crippen molar-refractivity contribution >= 4 is 22.6 Å². The summed E-state index contributed by atoms with van der Waals surface area (Å²) in [5.74, 6) is 0.0806. The zero-order valence-electron chi connectivity index (χ0n) is 19.3. The average Bonchev–Trinajstić information content (AvgIpc) is 3.30. The Morgan fingerprint density at radius 1 is 0.882 bits per heavy atom. The lowest BCUT2D eigenvalue weighted by Gasteiger charge is -2.37. The minimum absolute atomic E-state index is 0.0222. The number of H-pyrrole nitrogens is 1. The Labute approximate surface area is 199 Å². The van der Waals surface area contributed by atoms with E-state index in [1.165, 1.54) is 0 Å². The first-order chi connectivity index (χ1) is 16.6. The van der Waals surface area contributed by atoms with Crippen LogP contribution in [0.1, 0.15) is 50.7 Å². The van der Waals surface area contributed by atoms with Crippen LogP contribution in [-0.2, 0) is 0 Å². The van der Waals surface area contributed by atoms with Crippen molar-refractivity contribution in [3.8, 4) is 0 Å². The van der Waals surface area contributed by atoms with Crippen LogP contribution >= 0.6 is 0 Å². The molecule has 172 valence electrons. The highest BCUT2D eigenvalue weighted by molar-refractivity contribution is 6.10. The minimum Gasteiger partial charge on any atom is -0.360 e. The van der Waals surface area contributed by atoms with Crippen LogP contribution in [0.15, 0.2) is 85.1 Å². The standard InChI is InChI=1S/C29H29N3O2/c1-20-9-5-6-12-23(20)29(34)31-22-15-17-32(18-16-22)27(21-10-3-2-4-11-21)28(33)25-19-30-26-14-8-7-13-24(25)26/h2-14,19,22,27,30H,15-18H2,1H3,(H,31,34). The van der Waals surface area contributed by atoms with Crippen LogP contribution in [-0.4, -0.2) is 40.7 Å². The monoisotopic (exact) mass is 451 g/mol. The molecule has 3 aromatic carbocycles. The number of aryl methyl sites for hydroxylation is 1. The SMILES string of the molecule is Cc1ccccc1C(=O)NC1CCN(C(C(=O)c2c[nH]c3ccccc23)c2ccccc2)CC1. The molecule has 1 saturated heterocycles. The summed E-state index contributed by atoms with van der Waals surface area (Å²) in [4.78, 5) is 32.1. The first-order valence-corrected chi connectivity index (χ1v) is 11.9. The number of carbonyl (C=O) groups excluding carboxylic acids is 2. The fourth-order valence-electron chi connectivity index (χ4n) is 4.98. The molecule has 1 atom stereocenters. The number of hydrogen-bond acceptors (Lipinski definition) is 3. The molecule has 1 aromatic heterocycles. The molecule has 0 saturated carbocycles. The van der Waals surface area contributed by atoms with Crippen LogP contribution in [0.4, 0.5) is 0 Å². The van der Waals surface area contributed by atoms with E-state index in [4.69, 9.17) is 0 Å². The minimum atomic E-state index is -0.353. The molecule has 0 aliphatic carbocycles. The number of likely N-dealkylation sites (tertiary alicyclic amines) is 1. The Balaban J connectivity index is 1.34. The third-order valence-electron chi connectivity index (χ3n) is 6.84. The lowest BCUT2D eigenvalue weighted by Crippen LogP contribution is -2.47. The molecule has 1 aliphatic rings. The lowest BCUT2D eigenvalue weighted by molar-refractivity contribution is 0.0736. The molecule has 5 rings (SSSR count). The fourth-order valence-corrected chi connectivity index (χ4v) is 4.98. The van der Waals surface area contributed by atoms with Gasteiger partial charge in [-0.2, -0.15) is 0 Å². The van der Waals surface area contributed by atoms with Crippen LogP contribution in [0.5, 0.6) is 0 Å². The predicted molar refractivity (Wildman–Crippen MR) is 135 cm³/mol. The number of Topliss-reactive ketones (excluding diaryl/α,β-unsaturated/α-hetero) is 1. The van der Waals surface area contributed by atoms with Gasteiger partial charge in [0.05, 0.1) is 6.04 Å². The summed E-state index contributed by atoms with van der Waals surface area (Å²) in [5.41, 5.74) is 4.39. The normalized spacial score (nSPS) is 15.8. The summed E-state index contributed by atoms with van der Waals surface area (Å²) in [5, 5.41) is 4.15. The number of piperidine rings is 1. The van der Waals surface area contributed by atoms with Gasteiger partial charge >= 0.3 is 0 Å². The van der Waals surface area contributed by atoms with Crippen molar-refractivity contribution in [2.75, 3.05) is 13.1 Å². The first-order valence-electron chi connectivity index (χ1n) is 11.9. The van der Waals surface area contributed by atoms with Gasteiger partial charge in [-0.25, -0.2) is 0 Å². The Kier molecular flexibility index (Phi) is 6.28. The van der Waals surface area contributed by atoms with Crippen LogP contribution < -0.4 is 5.32 Å². The highest BCUT2D eigenvalue weighted by Gasteiger charge is 2.33. The molecule has 2 heterocycles. The van der Waals surface area contributed by atoms with E-state index in [0.29, 0.717) is 0 Å². The average molecular weight is 452 g/mol. The van der Waals surface area contributed by atoms with Crippen molar-refractivity contribution in [1.82, 2.24) is 15.2 Å². The van der Waals surface area contributed by atoms with Gasteiger partial charge in [-0.1, -0.05) is 66.7 Å². The molecule has 1 unspecified atom stereocenters. The first kappa shape index (κ1) is 22.1. The van der Waals surface area contributed by atoms with Gasteiger partial charge in [-0.3, -0.25) is 14.5 Å². The molecular formula is C29H29N3O2. The molecule has 0 radical (unpaired) electrons. The van der Waals surface area contributed by atoms with Gasteiger partial charge < -0.3 is 10.3 Å². The maximum atomic E-state index is 13.9. The van der Waals surface area contributed by atoms with Gasteiger partial charge in [0, 0.05) is 47.4 Å². The number of aromatic nitrogens is 1. The van der Waals surface area contributed by atoms with Gasteiger partial charge in [0.2, 0.25) is 0 Å². The van der Waals surface area contributed by atoms with Gasteiger partial charge in [-0.05, 0) is 43.0 Å². The number of aromatic amines is 1. The van der Waals surface area contributed by atoms with E-state index in [0.717, 1.165) is 59.1 Å². The number of para-hydroxylation sites is 1. The highest BCUT2D eigenvalue weighted by Crippen LogP contribution is 2.31. The second-order valence-corrected chi connectivity index (χ2v) is 9.02. The molecule has 5 heteroatoms. The van der Waals surface area contributed by atoms with Gasteiger partial charge in [-0.15, -0.1) is 0 Å². The third-order valence-corrected chi connectivity index (χ3v) is 6.84. The number of amides is 1. The summed E-state index contributed by atoms with van der Waals surface area (Å²) < 4.78 is 0. The van der Waals surface area contributed by atoms with Crippen molar-refractivity contribution in [2.45, 2.75) is 31.8 Å². The summed E-state index contributed by atoms with van der Waals surface area (Å²) >= 11 is 0. The van der Waals surface area contributed by atoms with E-state index in [2.05, 4.69) is 15.2 Å². The topological polar surface area (TPSA) is 65.2 Å². The number of hydrogen-bond donors (Lipinski definition) is 2. The summed E-state index contributed by atoms with van der Waals surface area (Å²) in [6.45, 7) is 3.44. The maximum Gasteiger partial charge on any atom is 0.251 e. The van der Waals surface area contributed by atoms with Crippen LogP contribution in [0.2, 0.25) is 0 Å². The van der Waals surface area contributed by atoms with Crippen molar-refractivity contribution in [3.63, 3.8) is 0 Å². The largest absolute Gasteiger partial charge is 0.360 e. The van der Waals surface area contributed by atoms with E-state index >= 15 is 0 Å². The second-order valence-electron chi connectivity index (χ2n) is 9.02. The number of nitrogens with zero attached hydrogens (tertiary/aromatic N) is 1. The van der Waals surface area contributed by atoms with E-state index in [9.17, 15) is 9.59 Å². The zero-order chi connectivity index (χ0) is 23.5. The predicted octanol–water partition coefficient (Wildman–Crippen LogP) is 5.29. The van der Waals surface area contributed by atoms with E-state index < -0.39 is 0 Å². The van der Waals surface area contributed by atoms with Crippen LogP contribution in [0.25, 0.3) is 10.9 Å². The highest BCUT2D eigenvalue weighted by atomic mass is 16.1. The number of nitrogens with one attached hydrogen (secondary N) is 2. The quantitative estimate of drug-likeness (QED) is 0.391. The number of ketones is 1. The maximum absolute atomic E-state index is 13.9. The number of carbonyl (C=O) groups is 2. The molecule has 0 spiro atoms. The van der Waals surface area contributed by atoms with Gasteiger partial charge in [0.25, 0.3) is 5.91 Å². The van der Waals surface area contributed by atoms with Crippen molar-refractivity contribution in [1.29, 1.82) is 0 Å². The molecule has 1 aliphatic heterocycles. The number of benzene rings is 3. The number of rotatable bonds is 6. The molecule has 5 nitrogen and oxygen atoms in total. The zero-order valence-corrected chi connectivity index (χ0v) is 19.3. The number of fused-ring (bicyclic) bond motifs is 1. The van der Waals surface area contributed by atoms with Crippen molar-refractivity contribution < 1.29 is 9.59 Å². The summed E-state index contributed by atoms with van der Waals surface area (Å²) in [7, 11) is 0. The summed E-state index contributed by atoms with van der Waals surface area (Å²) in [6, 6.07) is 25.3.